The van der Waals surface area contributed by atoms with Crippen LogP contribution in [0.25, 0.3) is 11.8 Å². The highest BCUT2D eigenvalue weighted by molar-refractivity contribution is 8.26. The zero-order valence-corrected chi connectivity index (χ0v) is 19.8. The number of aromatic nitrogens is 1. The van der Waals surface area contributed by atoms with Crippen molar-refractivity contribution in [1.82, 2.24) is 9.58 Å². The summed E-state index contributed by atoms with van der Waals surface area (Å²) in [7, 11) is 0. The van der Waals surface area contributed by atoms with Crippen LogP contribution in [0, 0.1) is 19.3 Å². The maximum Gasteiger partial charge on any atom is 0.416 e. The number of carbonyl (C=O) groups excluding carboxylic acids is 1. The van der Waals surface area contributed by atoms with Crippen molar-refractivity contribution in [2.75, 3.05) is 0 Å². The molecule has 0 aliphatic carbocycles. The zero-order chi connectivity index (χ0) is 24.6. The molecule has 2 aliphatic rings. The molecule has 4 rings (SSSR count). The van der Waals surface area contributed by atoms with Gasteiger partial charge in [-0.05, 0) is 74.4 Å². The Morgan fingerprint density at radius 2 is 1.94 bits per heavy atom. The molecule has 178 valence electrons. The average molecular weight is 488 g/mol. The van der Waals surface area contributed by atoms with Crippen molar-refractivity contribution in [3.05, 3.63) is 58.4 Å². The van der Waals surface area contributed by atoms with Crippen LogP contribution in [0.3, 0.4) is 0 Å². The third-order valence-corrected chi connectivity index (χ3v) is 6.66. The number of halogens is 3. The second-order valence-corrected chi connectivity index (χ2v) is 9.22. The second kappa shape index (κ2) is 9.25. The van der Waals surface area contributed by atoms with Crippen LogP contribution in [0.2, 0.25) is 0 Å². The van der Waals surface area contributed by atoms with E-state index >= 15 is 0 Å². The number of alkyl halides is 3. The van der Waals surface area contributed by atoms with Gasteiger partial charge in [0.25, 0.3) is 5.91 Å². The first-order chi connectivity index (χ1) is 16.1. The van der Waals surface area contributed by atoms with Gasteiger partial charge in [-0.2, -0.15) is 28.3 Å². The van der Waals surface area contributed by atoms with Crippen molar-refractivity contribution in [1.29, 1.82) is 5.41 Å². The number of rotatable bonds is 6. The Hall–Kier alpha value is -3.14. The predicted octanol–water partition coefficient (Wildman–Crippen LogP) is 6.31. The SMILES string of the molecule is CCCCCC1=NN2C(=N)C(=Cc3cc(C)n(-c4cccc(C(F)(F)F)c4)c3C)C(=O)N=C2S1. The summed E-state index contributed by atoms with van der Waals surface area (Å²) in [5, 5.41) is 15.6. The van der Waals surface area contributed by atoms with Crippen molar-refractivity contribution in [2.24, 2.45) is 10.1 Å². The molecular formula is C24H24F3N5OS. The van der Waals surface area contributed by atoms with Crippen LogP contribution in [0.15, 0.2) is 46.0 Å². The number of aliphatic imine (C=N–C) groups is 1. The Balaban J connectivity index is 1.66. The standard InChI is InChI=1S/C24H24F3N5OS/c1-4-5-6-10-20-30-32-21(28)19(22(33)29-23(32)34-20)12-16-11-14(2)31(15(16)3)18-9-7-8-17(13-18)24(25,26)27/h7-9,11-13,28H,4-6,10H2,1-3H3. The molecule has 1 aromatic carbocycles. The fraction of sp³-hybridized carbons (Fsp3) is 0.333. The van der Waals surface area contributed by atoms with Gasteiger partial charge < -0.3 is 4.57 Å². The van der Waals surface area contributed by atoms with E-state index in [1.165, 1.54) is 22.8 Å². The van der Waals surface area contributed by atoms with E-state index in [-0.39, 0.29) is 11.4 Å². The fourth-order valence-electron chi connectivity index (χ4n) is 3.97. The topological polar surface area (TPSA) is 73.8 Å². The lowest BCUT2D eigenvalue weighted by Gasteiger charge is -2.20. The van der Waals surface area contributed by atoms with Gasteiger partial charge in [-0.3, -0.25) is 10.2 Å². The highest BCUT2D eigenvalue weighted by Crippen LogP contribution is 2.33. The van der Waals surface area contributed by atoms with Crippen LogP contribution in [-0.2, 0) is 11.0 Å². The number of aryl methyl sites for hydroxylation is 1. The molecule has 6 nitrogen and oxygen atoms in total. The van der Waals surface area contributed by atoms with Gasteiger partial charge in [0, 0.05) is 17.1 Å². The van der Waals surface area contributed by atoms with Crippen molar-refractivity contribution in [2.45, 2.75) is 52.6 Å². The second-order valence-electron chi connectivity index (χ2n) is 8.18. The first-order valence-electron chi connectivity index (χ1n) is 11.0. The minimum Gasteiger partial charge on any atom is -0.318 e. The molecule has 10 heteroatoms. The number of fused-ring (bicyclic) bond motifs is 1. The highest BCUT2D eigenvalue weighted by atomic mass is 32.2. The summed E-state index contributed by atoms with van der Waals surface area (Å²) in [6.07, 6.45) is 1.03. The number of hydrogen-bond donors (Lipinski definition) is 1. The summed E-state index contributed by atoms with van der Waals surface area (Å²) < 4.78 is 41.3. The number of amidine groups is 2. The Kier molecular flexibility index (Phi) is 6.53. The van der Waals surface area contributed by atoms with Crippen LogP contribution >= 0.6 is 11.8 Å². The molecule has 0 bridgehead atoms. The average Bonchev–Trinajstić information content (AvgIpc) is 3.30. The number of nitrogens with one attached hydrogen (secondary N) is 1. The van der Waals surface area contributed by atoms with Crippen molar-refractivity contribution < 1.29 is 18.0 Å². The van der Waals surface area contributed by atoms with Crippen LogP contribution < -0.4 is 0 Å². The molecular weight excluding hydrogens is 463 g/mol. The highest BCUT2D eigenvalue weighted by Gasteiger charge is 2.35. The van der Waals surface area contributed by atoms with E-state index in [0.717, 1.165) is 42.9 Å². The smallest absolute Gasteiger partial charge is 0.318 e. The summed E-state index contributed by atoms with van der Waals surface area (Å²) >= 11 is 1.31. The van der Waals surface area contributed by atoms with Gasteiger partial charge in [0.15, 0.2) is 5.84 Å². The van der Waals surface area contributed by atoms with Gasteiger partial charge >= 0.3 is 6.18 Å². The van der Waals surface area contributed by atoms with Gasteiger partial charge in [-0.1, -0.05) is 25.8 Å². The van der Waals surface area contributed by atoms with E-state index in [1.807, 2.05) is 0 Å². The maximum atomic E-state index is 13.2. The summed E-state index contributed by atoms with van der Waals surface area (Å²) in [5.41, 5.74) is 1.71. The molecule has 1 aromatic heterocycles. The Morgan fingerprint density at radius 3 is 2.65 bits per heavy atom. The molecule has 34 heavy (non-hydrogen) atoms. The van der Waals surface area contributed by atoms with E-state index in [9.17, 15) is 18.0 Å². The molecule has 2 aromatic rings. The quantitative estimate of drug-likeness (QED) is 0.383. The summed E-state index contributed by atoms with van der Waals surface area (Å²) in [4.78, 5) is 16.8. The number of hydrogen-bond acceptors (Lipinski definition) is 4. The lowest BCUT2D eigenvalue weighted by Crippen LogP contribution is -2.35. The van der Waals surface area contributed by atoms with Crippen LogP contribution in [-0.4, -0.2) is 31.5 Å². The third-order valence-electron chi connectivity index (χ3n) is 5.69. The van der Waals surface area contributed by atoms with Gasteiger partial charge in [0.2, 0.25) is 5.17 Å². The van der Waals surface area contributed by atoms with Crippen molar-refractivity contribution in [3.63, 3.8) is 0 Å². The summed E-state index contributed by atoms with van der Waals surface area (Å²) in [5.74, 6) is -0.588. The number of benzene rings is 1. The monoisotopic (exact) mass is 487 g/mol. The van der Waals surface area contributed by atoms with Gasteiger partial charge in [-0.15, -0.1) is 0 Å². The van der Waals surface area contributed by atoms with Crippen LogP contribution in [0.4, 0.5) is 13.2 Å². The molecule has 3 heterocycles. The molecule has 2 aliphatic heterocycles. The van der Waals surface area contributed by atoms with Crippen molar-refractivity contribution in [3.8, 4) is 5.69 Å². The van der Waals surface area contributed by atoms with Crippen LogP contribution in [0.5, 0.6) is 0 Å². The van der Waals surface area contributed by atoms with E-state index < -0.39 is 17.6 Å². The lowest BCUT2D eigenvalue weighted by atomic mass is 10.1. The molecule has 0 atom stereocenters. The summed E-state index contributed by atoms with van der Waals surface area (Å²) in [6, 6.07) is 6.88. The van der Waals surface area contributed by atoms with Gasteiger partial charge in [-0.25, -0.2) is 0 Å². The number of thioether (sulfide) groups is 1. The number of hydrazone groups is 1. The normalized spacial score (nSPS) is 17.4. The largest absolute Gasteiger partial charge is 0.416 e. The van der Waals surface area contributed by atoms with Crippen molar-refractivity contribution >= 4 is 39.8 Å². The molecule has 0 saturated carbocycles. The van der Waals surface area contributed by atoms with E-state index in [2.05, 4.69) is 17.0 Å². The molecule has 0 unspecified atom stereocenters. The lowest BCUT2D eigenvalue weighted by molar-refractivity contribution is -0.137. The molecule has 0 spiro atoms. The van der Waals surface area contributed by atoms with Gasteiger partial charge in [0.1, 0.15) is 5.04 Å². The first kappa shape index (κ1) is 24.0. The molecule has 1 N–H and O–H groups in total. The summed E-state index contributed by atoms with van der Waals surface area (Å²) in [6.45, 7) is 5.66. The van der Waals surface area contributed by atoms with Crippen LogP contribution in [0.1, 0.15) is 55.1 Å². The van der Waals surface area contributed by atoms with E-state index in [0.29, 0.717) is 27.8 Å². The number of nitrogens with zero attached hydrogens (tertiary/aromatic N) is 4. The number of amides is 1. The minimum atomic E-state index is -4.45. The molecule has 1 amide bonds. The maximum absolute atomic E-state index is 13.2. The van der Waals surface area contributed by atoms with Gasteiger partial charge in [0.05, 0.1) is 11.1 Å². The predicted molar refractivity (Wildman–Crippen MR) is 129 cm³/mol. The Labute approximate surface area is 199 Å². The van der Waals surface area contributed by atoms with E-state index in [1.54, 1.807) is 36.6 Å². The number of carbonyl (C=O) groups is 1. The Morgan fingerprint density at radius 1 is 1.18 bits per heavy atom. The minimum absolute atomic E-state index is 0.0585. The Bertz CT molecular complexity index is 1260. The molecule has 0 fully saturated rings. The third kappa shape index (κ3) is 4.59. The van der Waals surface area contributed by atoms with E-state index in [4.69, 9.17) is 5.41 Å². The number of unbranched alkanes of at least 4 members (excludes halogenated alkanes) is 2. The first-order valence-corrected chi connectivity index (χ1v) is 11.8. The fourth-order valence-corrected chi connectivity index (χ4v) is 4.89. The molecule has 0 radical (unpaired) electrons. The zero-order valence-electron chi connectivity index (χ0n) is 19.0. The molecule has 0 saturated heterocycles.